The van der Waals surface area contributed by atoms with Crippen LogP contribution < -0.4 is 9.47 Å². The van der Waals surface area contributed by atoms with E-state index in [-0.39, 0.29) is 37.4 Å². The molecular weight excluding hydrogens is 410 g/mol. The molecule has 7 heteroatoms. The summed E-state index contributed by atoms with van der Waals surface area (Å²) < 4.78 is 16.8. The number of ether oxygens (including phenoxy) is 3. The van der Waals surface area contributed by atoms with Crippen LogP contribution in [0.15, 0.2) is 42.5 Å². The van der Waals surface area contributed by atoms with Crippen molar-refractivity contribution in [1.29, 1.82) is 0 Å². The van der Waals surface area contributed by atoms with Gasteiger partial charge in [-0.05, 0) is 41.7 Å². The molecule has 1 amide bonds. The zero-order valence-corrected chi connectivity index (χ0v) is 17.5. The predicted octanol–water partition coefficient (Wildman–Crippen LogP) is 2.75. The molecule has 0 bridgehead atoms. The van der Waals surface area contributed by atoms with Gasteiger partial charge in [0.2, 0.25) is 12.7 Å². The van der Waals surface area contributed by atoms with Crippen molar-refractivity contribution in [2.24, 2.45) is 5.92 Å². The summed E-state index contributed by atoms with van der Waals surface area (Å²) >= 11 is 0. The molecule has 0 unspecified atom stereocenters. The fourth-order valence-corrected chi connectivity index (χ4v) is 6.08. The number of Topliss-reactive ketones (excluding diaryl/α,β-unsaturated/α-hetero) is 1. The van der Waals surface area contributed by atoms with E-state index in [0.717, 1.165) is 16.7 Å². The molecule has 3 atom stereocenters. The minimum atomic E-state index is -0.973. The Bertz CT molecular complexity index is 1130. The first-order chi connectivity index (χ1) is 15.6. The summed E-state index contributed by atoms with van der Waals surface area (Å²) in [5.41, 5.74) is 2.02. The van der Waals surface area contributed by atoms with Crippen molar-refractivity contribution in [1.82, 2.24) is 4.90 Å². The largest absolute Gasteiger partial charge is 0.460 e. The van der Waals surface area contributed by atoms with Gasteiger partial charge in [-0.25, -0.2) is 0 Å². The highest BCUT2D eigenvalue weighted by atomic mass is 16.7. The number of benzene rings is 2. The monoisotopic (exact) mass is 433 g/mol. The Morgan fingerprint density at radius 2 is 1.88 bits per heavy atom. The van der Waals surface area contributed by atoms with Crippen LogP contribution in [0.4, 0.5) is 0 Å². The van der Waals surface area contributed by atoms with E-state index >= 15 is 0 Å². The highest BCUT2D eigenvalue weighted by molar-refractivity contribution is 6.05. The van der Waals surface area contributed by atoms with Gasteiger partial charge in [-0.3, -0.25) is 14.4 Å². The maximum absolute atomic E-state index is 13.3. The first kappa shape index (κ1) is 19.3. The van der Waals surface area contributed by atoms with Crippen LogP contribution >= 0.6 is 0 Å². The zero-order valence-electron chi connectivity index (χ0n) is 17.5. The molecule has 32 heavy (non-hydrogen) atoms. The van der Waals surface area contributed by atoms with E-state index in [1.54, 1.807) is 4.90 Å². The molecule has 2 fully saturated rings. The van der Waals surface area contributed by atoms with Crippen LogP contribution in [-0.4, -0.2) is 41.4 Å². The van der Waals surface area contributed by atoms with Crippen molar-refractivity contribution >= 4 is 17.7 Å². The lowest BCUT2D eigenvalue weighted by molar-refractivity contribution is -0.157. The molecule has 7 nitrogen and oxygen atoms in total. The lowest BCUT2D eigenvalue weighted by Gasteiger charge is -2.41. The van der Waals surface area contributed by atoms with Crippen LogP contribution in [0.1, 0.15) is 41.9 Å². The summed E-state index contributed by atoms with van der Waals surface area (Å²) in [6.07, 6.45) is 1.67. The van der Waals surface area contributed by atoms with Crippen LogP contribution in [0, 0.1) is 5.92 Å². The molecule has 1 aliphatic carbocycles. The molecule has 0 radical (unpaired) electrons. The van der Waals surface area contributed by atoms with Crippen LogP contribution in [0.3, 0.4) is 0 Å². The second-order valence-electron chi connectivity index (χ2n) is 8.94. The molecule has 1 saturated carbocycles. The minimum absolute atomic E-state index is 0.00148. The molecular formula is C25H23NO6. The van der Waals surface area contributed by atoms with E-state index in [0.29, 0.717) is 37.3 Å². The van der Waals surface area contributed by atoms with Crippen molar-refractivity contribution < 1.29 is 28.6 Å². The van der Waals surface area contributed by atoms with E-state index < -0.39 is 17.4 Å². The lowest BCUT2D eigenvalue weighted by atomic mass is 9.74. The van der Waals surface area contributed by atoms with Crippen molar-refractivity contribution in [3.05, 3.63) is 59.2 Å². The van der Waals surface area contributed by atoms with Gasteiger partial charge < -0.3 is 19.1 Å². The topological polar surface area (TPSA) is 82.1 Å². The Hall–Kier alpha value is -3.35. The first-order valence-electron chi connectivity index (χ1n) is 11.0. The quantitative estimate of drug-likeness (QED) is 0.547. The molecule has 3 heterocycles. The smallest absolute Gasteiger partial charge is 0.319 e. The number of ketones is 1. The molecule has 1 saturated heterocycles. The zero-order chi connectivity index (χ0) is 21.9. The van der Waals surface area contributed by atoms with Gasteiger partial charge in [0.15, 0.2) is 11.5 Å². The number of nitrogens with zero attached hydrogens (tertiary/aromatic N) is 1. The standard InChI is InChI=1S/C25H23NO6/c27-19-12-18-17-11-21-20(31-14-32-21)10-16(17)7-9-26-22(28)6-8-25(18,26)23(19)24(29)30-13-15-4-2-1-3-5-15/h1-5,10-11,18,23H,6-9,12-14H2/t18-,23-,25-/m1/s1. The molecule has 164 valence electrons. The van der Waals surface area contributed by atoms with Crippen molar-refractivity contribution in [3.8, 4) is 11.5 Å². The van der Waals surface area contributed by atoms with Crippen LogP contribution in [0.25, 0.3) is 0 Å². The third-order valence-corrected chi connectivity index (χ3v) is 7.45. The number of hydrogen-bond donors (Lipinski definition) is 0. The normalized spacial score (nSPS) is 27.6. The average molecular weight is 433 g/mol. The van der Waals surface area contributed by atoms with E-state index in [4.69, 9.17) is 14.2 Å². The summed E-state index contributed by atoms with van der Waals surface area (Å²) in [7, 11) is 0. The second kappa shape index (κ2) is 7.08. The van der Waals surface area contributed by atoms with Crippen LogP contribution in [0.5, 0.6) is 11.5 Å². The fourth-order valence-electron chi connectivity index (χ4n) is 6.08. The number of hydrogen-bond acceptors (Lipinski definition) is 6. The Labute approximate surface area is 185 Å². The number of fused-ring (bicyclic) bond motifs is 3. The van der Waals surface area contributed by atoms with Crippen molar-refractivity contribution in [3.63, 3.8) is 0 Å². The van der Waals surface area contributed by atoms with Gasteiger partial charge in [-0.1, -0.05) is 30.3 Å². The molecule has 4 aliphatic rings. The van der Waals surface area contributed by atoms with E-state index in [1.807, 2.05) is 42.5 Å². The Morgan fingerprint density at radius 3 is 2.69 bits per heavy atom. The van der Waals surface area contributed by atoms with E-state index in [2.05, 4.69) is 0 Å². The van der Waals surface area contributed by atoms with Gasteiger partial charge >= 0.3 is 5.97 Å². The Balaban J connectivity index is 1.39. The molecule has 3 aliphatic heterocycles. The third kappa shape index (κ3) is 2.70. The number of amides is 1. The molecule has 6 rings (SSSR count). The Morgan fingerprint density at radius 1 is 1.09 bits per heavy atom. The maximum Gasteiger partial charge on any atom is 0.319 e. The Kier molecular flexibility index (Phi) is 4.28. The van der Waals surface area contributed by atoms with Gasteiger partial charge in [0.05, 0.1) is 5.54 Å². The van der Waals surface area contributed by atoms with Crippen molar-refractivity contribution in [2.45, 2.75) is 43.7 Å². The number of carbonyl (C=O) groups is 3. The van der Waals surface area contributed by atoms with Gasteiger partial charge in [0, 0.05) is 25.3 Å². The van der Waals surface area contributed by atoms with Gasteiger partial charge in [-0.15, -0.1) is 0 Å². The SMILES string of the molecule is O=C1C[C@@H]2c3cc4c(cc3CCN3C(=O)CC[C@]23[C@H]1C(=O)OCc1ccccc1)OCO4. The van der Waals surface area contributed by atoms with Crippen LogP contribution in [0.2, 0.25) is 0 Å². The summed E-state index contributed by atoms with van der Waals surface area (Å²) in [4.78, 5) is 41.3. The number of rotatable bonds is 3. The van der Waals surface area contributed by atoms with Crippen molar-refractivity contribution in [2.75, 3.05) is 13.3 Å². The van der Waals surface area contributed by atoms with Crippen LogP contribution in [-0.2, 0) is 32.1 Å². The van der Waals surface area contributed by atoms with Gasteiger partial charge in [0.1, 0.15) is 18.3 Å². The molecule has 0 N–H and O–H groups in total. The van der Waals surface area contributed by atoms with E-state index in [1.165, 1.54) is 0 Å². The highest BCUT2D eigenvalue weighted by Gasteiger charge is 2.66. The third-order valence-electron chi connectivity index (χ3n) is 7.45. The predicted molar refractivity (Wildman–Crippen MR) is 112 cm³/mol. The summed E-state index contributed by atoms with van der Waals surface area (Å²) in [6.45, 7) is 0.747. The number of esters is 1. The summed E-state index contributed by atoms with van der Waals surface area (Å²) in [5, 5.41) is 0. The highest BCUT2D eigenvalue weighted by Crippen LogP contribution is 2.57. The average Bonchev–Trinajstić information content (AvgIpc) is 3.45. The van der Waals surface area contributed by atoms with Gasteiger partial charge in [-0.2, -0.15) is 0 Å². The fraction of sp³-hybridized carbons (Fsp3) is 0.400. The molecule has 2 aromatic carbocycles. The molecule has 1 spiro atoms. The molecule has 0 aromatic heterocycles. The van der Waals surface area contributed by atoms with Gasteiger partial charge in [0.25, 0.3) is 0 Å². The first-order valence-corrected chi connectivity index (χ1v) is 11.0. The van der Waals surface area contributed by atoms with E-state index in [9.17, 15) is 14.4 Å². The summed E-state index contributed by atoms with van der Waals surface area (Å²) in [5.74, 6) is -0.586. The minimum Gasteiger partial charge on any atom is -0.460 e. The number of carbonyl (C=O) groups excluding carboxylic acids is 3. The summed E-state index contributed by atoms with van der Waals surface area (Å²) in [6, 6.07) is 13.3. The molecule has 2 aromatic rings. The second-order valence-corrected chi connectivity index (χ2v) is 8.94. The lowest BCUT2D eigenvalue weighted by Crippen LogP contribution is -2.55. The maximum atomic E-state index is 13.3.